The standard InChI is InChI=1S/C29H42FN3O6S/c1-20-17-33(21(2)19-34)29(35)26-16-24(31-40(36,37)25-12-9-23(30)10-13-25)11-14-27(26)39-22(3)8-6-7-15-38-28(20)18-32(4)5/h9-14,16,20-22,28,31,34H,6-8,15,17-19H2,1-5H3/t20-,21+,22+,28+/m1/s1. The van der Waals surface area contributed by atoms with E-state index in [9.17, 15) is 22.7 Å². The average molecular weight is 580 g/mol. The molecule has 0 aliphatic carbocycles. The van der Waals surface area contributed by atoms with Gasteiger partial charge in [0.05, 0.1) is 35.3 Å². The summed E-state index contributed by atoms with van der Waals surface area (Å²) >= 11 is 0. The second-order valence-corrected chi connectivity index (χ2v) is 12.5. The molecule has 0 unspecified atom stereocenters. The lowest BCUT2D eigenvalue weighted by Crippen LogP contribution is -2.47. The zero-order valence-corrected chi connectivity index (χ0v) is 24.8. The van der Waals surface area contributed by atoms with Crippen LogP contribution >= 0.6 is 0 Å². The van der Waals surface area contributed by atoms with Crippen LogP contribution in [0, 0.1) is 11.7 Å². The van der Waals surface area contributed by atoms with Gasteiger partial charge in [-0.3, -0.25) is 9.52 Å². The van der Waals surface area contributed by atoms with E-state index in [1.54, 1.807) is 17.9 Å². The highest BCUT2D eigenvalue weighted by molar-refractivity contribution is 7.92. The molecule has 3 rings (SSSR count). The van der Waals surface area contributed by atoms with Gasteiger partial charge in [0.15, 0.2) is 0 Å². The topological polar surface area (TPSA) is 108 Å². The maximum absolute atomic E-state index is 14.1. The van der Waals surface area contributed by atoms with Gasteiger partial charge in [0.2, 0.25) is 0 Å². The fourth-order valence-corrected chi connectivity index (χ4v) is 5.69. The minimum Gasteiger partial charge on any atom is -0.490 e. The lowest BCUT2D eigenvalue weighted by Gasteiger charge is -2.35. The van der Waals surface area contributed by atoms with E-state index in [0.717, 1.165) is 31.4 Å². The van der Waals surface area contributed by atoms with Gasteiger partial charge in [0, 0.05) is 31.3 Å². The van der Waals surface area contributed by atoms with Gasteiger partial charge in [-0.05, 0) is 89.7 Å². The fraction of sp³-hybridized carbons (Fsp3) is 0.552. The average Bonchev–Trinajstić information content (AvgIpc) is 2.90. The van der Waals surface area contributed by atoms with Crippen molar-refractivity contribution in [2.75, 3.05) is 45.1 Å². The predicted molar refractivity (Wildman–Crippen MR) is 153 cm³/mol. The van der Waals surface area contributed by atoms with E-state index in [4.69, 9.17) is 9.47 Å². The van der Waals surface area contributed by atoms with Crippen molar-refractivity contribution in [3.63, 3.8) is 0 Å². The van der Waals surface area contributed by atoms with Gasteiger partial charge < -0.3 is 24.4 Å². The summed E-state index contributed by atoms with van der Waals surface area (Å²) in [6, 6.07) is 8.54. The van der Waals surface area contributed by atoms with E-state index in [0.29, 0.717) is 25.4 Å². The van der Waals surface area contributed by atoms with E-state index >= 15 is 0 Å². The van der Waals surface area contributed by atoms with Gasteiger partial charge in [0.25, 0.3) is 15.9 Å². The molecule has 2 aromatic carbocycles. The summed E-state index contributed by atoms with van der Waals surface area (Å²) < 4.78 is 54.2. The summed E-state index contributed by atoms with van der Waals surface area (Å²) in [6.07, 6.45) is 2.19. The first kappa shape index (κ1) is 31.8. The molecule has 1 heterocycles. The third-order valence-electron chi connectivity index (χ3n) is 6.97. The minimum absolute atomic E-state index is 0.0493. The van der Waals surface area contributed by atoms with Gasteiger partial charge in [-0.15, -0.1) is 0 Å². The fourth-order valence-electron chi connectivity index (χ4n) is 4.64. The predicted octanol–water partition coefficient (Wildman–Crippen LogP) is 3.98. The third kappa shape index (κ3) is 8.63. The molecule has 0 saturated carbocycles. The second kappa shape index (κ2) is 14.2. The molecular weight excluding hydrogens is 537 g/mol. The van der Waals surface area contributed by atoms with Crippen molar-refractivity contribution in [3.05, 3.63) is 53.8 Å². The smallest absolute Gasteiger partial charge is 0.261 e. The maximum atomic E-state index is 14.1. The highest BCUT2D eigenvalue weighted by atomic mass is 32.2. The molecule has 0 spiro atoms. The van der Waals surface area contributed by atoms with Crippen molar-refractivity contribution in [1.29, 1.82) is 0 Å². The Bertz CT molecular complexity index is 1220. The lowest BCUT2D eigenvalue weighted by atomic mass is 10.0. The van der Waals surface area contributed by atoms with Gasteiger partial charge in [-0.25, -0.2) is 12.8 Å². The molecule has 1 amide bonds. The molecule has 9 nitrogen and oxygen atoms in total. The number of aliphatic hydroxyl groups excluding tert-OH is 1. The Morgan fingerprint density at radius 3 is 2.50 bits per heavy atom. The van der Waals surface area contributed by atoms with Crippen LogP contribution in [0.4, 0.5) is 10.1 Å². The number of aliphatic hydroxyl groups is 1. The molecule has 2 N–H and O–H groups in total. The Kier molecular flexibility index (Phi) is 11.3. The van der Waals surface area contributed by atoms with E-state index in [1.165, 1.54) is 24.3 Å². The van der Waals surface area contributed by atoms with Crippen LogP contribution in [-0.4, -0.2) is 87.9 Å². The third-order valence-corrected chi connectivity index (χ3v) is 8.37. The molecule has 1 aliphatic heterocycles. The quantitative estimate of drug-likeness (QED) is 0.511. The van der Waals surface area contributed by atoms with Gasteiger partial charge in [-0.2, -0.15) is 0 Å². The monoisotopic (exact) mass is 579 g/mol. The van der Waals surface area contributed by atoms with Crippen molar-refractivity contribution in [2.24, 2.45) is 5.92 Å². The number of amides is 1. The zero-order chi connectivity index (χ0) is 29.4. The summed E-state index contributed by atoms with van der Waals surface area (Å²) in [6.45, 7) is 7.07. The molecule has 0 aromatic heterocycles. The molecule has 11 heteroatoms. The number of anilines is 1. The van der Waals surface area contributed by atoms with E-state index in [2.05, 4.69) is 9.62 Å². The van der Waals surface area contributed by atoms with Gasteiger partial charge in [-0.1, -0.05) is 6.92 Å². The summed E-state index contributed by atoms with van der Waals surface area (Å²) in [5.41, 5.74) is 0.341. The number of hydrogen-bond donors (Lipinski definition) is 2. The molecule has 0 radical (unpaired) electrons. The molecular formula is C29H42FN3O6S. The molecule has 222 valence electrons. The Balaban J connectivity index is 2.02. The first-order valence-corrected chi connectivity index (χ1v) is 15.2. The number of halogens is 1. The number of rotatable bonds is 7. The number of carbonyl (C=O) groups is 1. The first-order chi connectivity index (χ1) is 18.9. The van der Waals surface area contributed by atoms with E-state index in [-0.39, 0.29) is 46.8 Å². The molecule has 1 aliphatic rings. The Labute approximate surface area is 237 Å². The SMILES string of the molecule is C[C@@H]1CN([C@@H](C)CO)C(=O)c2cc(NS(=O)(=O)c3ccc(F)cc3)ccc2O[C@@H](C)CCCCO[C@H]1CN(C)C. The molecule has 4 atom stereocenters. The number of benzene rings is 2. The van der Waals surface area contributed by atoms with Crippen LogP contribution in [0.3, 0.4) is 0 Å². The molecule has 40 heavy (non-hydrogen) atoms. The lowest BCUT2D eigenvalue weighted by molar-refractivity contribution is -0.0137. The Hall–Kier alpha value is -2.73. The number of nitrogens with one attached hydrogen (secondary N) is 1. The summed E-state index contributed by atoms with van der Waals surface area (Å²) in [5, 5.41) is 10.0. The highest BCUT2D eigenvalue weighted by Gasteiger charge is 2.30. The number of sulfonamides is 1. The largest absolute Gasteiger partial charge is 0.490 e. The second-order valence-electron chi connectivity index (χ2n) is 10.8. The van der Waals surface area contributed by atoms with Crippen LogP contribution in [0.25, 0.3) is 0 Å². The van der Waals surface area contributed by atoms with Crippen molar-refractivity contribution >= 4 is 21.6 Å². The number of hydrogen-bond acceptors (Lipinski definition) is 7. The van der Waals surface area contributed by atoms with Crippen LogP contribution < -0.4 is 9.46 Å². The molecule has 2 aromatic rings. The number of ether oxygens (including phenoxy) is 2. The van der Waals surface area contributed by atoms with Crippen molar-refractivity contribution in [3.8, 4) is 5.75 Å². The van der Waals surface area contributed by atoms with Crippen molar-refractivity contribution < 1.29 is 32.2 Å². The molecule has 0 bridgehead atoms. The summed E-state index contributed by atoms with van der Waals surface area (Å²) in [7, 11) is -0.0862. The number of fused-ring (bicyclic) bond motifs is 1. The van der Waals surface area contributed by atoms with Crippen LogP contribution in [0.15, 0.2) is 47.4 Å². The Morgan fingerprint density at radius 1 is 1.15 bits per heavy atom. The van der Waals surface area contributed by atoms with Crippen molar-refractivity contribution in [2.45, 2.75) is 63.2 Å². The highest BCUT2D eigenvalue weighted by Crippen LogP contribution is 2.29. The molecule has 0 saturated heterocycles. The zero-order valence-electron chi connectivity index (χ0n) is 24.0. The van der Waals surface area contributed by atoms with Gasteiger partial charge >= 0.3 is 0 Å². The summed E-state index contributed by atoms with van der Waals surface area (Å²) in [5.74, 6) is -0.651. The maximum Gasteiger partial charge on any atom is 0.261 e. The van der Waals surface area contributed by atoms with Crippen LogP contribution in [0.2, 0.25) is 0 Å². The number of carbonyl (C=O) groups excluding carboxylic acids is 1. The van der Waals surface area contributed by atoms with E-state index in [1.807, 2.05) is 27.9 Å². The number of nitrogens with zero attached hydrogens (tertiary/aromatic N) is 2. The normalized spacial score (nSPS) is 22.2. The van der Waals surface area contributed by atoms with Crippen LogP contribution in [-0.2, 0) is 14.8 Å². The summed E-state index contributed by atoms with van der Waals surface area (Å²) in [4.78, 5) is 17.6. The van der Waals surface area contributed by atoms with Gasteiger partial charge in [0.1, 0.15) is 11.6 Å². The Morgan fingerprint density at radius 2 is 1.85 bits per heavy atom. The van der Waals surface area contributed by atoms with Crippen LogP contribution in [0.5, 0.6) is 5.75 Å². The first-order valence-electron chi connectivity index (χ1n) is 13.7. The van der Waals surface area contributed by atoms with E-state index < -0.39 is 21.9 Å². The number of likely N-dealkylation sites (N-methyl/N-ethyl adjacent to an activating group) is 1. The minimum atomic E-state index is -4.04. The molecule has 0 fully saturated rings. The van der Waals surface area contributed by atoms with Crippen molar-refractivity contribution in [1.82, 2.24) is 9.80 Å². The van der Waals surface area contributed by atoms with Crippen LogP contribution in [0.1, 0.15) is 50.4 Å².